The molecule has 144 valence electrons. The molecule has 0 spiro atoms. The predicted molar refractivity (Wildman–Crippen MR) is 107 cm³/mol. The van der Waals surface area contributed by atoms with Crippen LogP contribution in [0.3, 0.4) is 0 Å². The third-order valence-electron chi connectivity index (χ3n) is 4.16. The van der Waals surface area contributed by atoms with Gasteiger partial charge in [0, 0.05) is 18.3 Å². The Labute approximate surface area is 163 Å². The van der Waals surface area contributed by atoms with Gasteiger partial charge in [0.1, 0.15) is 18.2 Å². The van der Waals surface area contributed by atoms with Crippen LogP contribution in [0.15, 0.2) is 54.6 Å². The summed E-state index contributed by atoms with van der Waals surface area (Å²) in [6.07, 6.45) is 0. The van der Waals surface area contributed by atoms with E-state index in [9.17, 15) is 0 Å². The van der Waals surface area contributed by atoms with Crippen LogP contribution in [0.1, 0.15) is 11.3 Å². The number of hydrogen-bond acceptors (Lipinski definition) is 7. The fraction of sp³-hybridized carbons (Fsp3) is 0.238. The molecule has 0 unspecified atom stereocenters. The fourth-order valence-corrected chi connectivity index (χ4v) is 2.83. The lowest BCUT2D eigenvalue weighted by Gasteiger charge is -2.11. The van der Waals surface area contributed by atoms with Crippen molar-refractivity contribution in [3.8, 4) is 17.2 Å². The minimum atomic E-state index is 0.274. The third kappa shape index (κ3) is 4.62. The monoisotopic (exact) mass is 378 g/mol. The molecule has 0 saturated carbocycles. The zero-order chi connectivity index (χ0) is 19.2. The molecule has 7 nitrogen and oxygen atoms in total. The van der Waals surface area contributed by atoms with Crippen LogP contribution in [0.25, 0.3) is 0 Å². The molecule has 0 bridgehead atoms. The number of para-hydroxylation sites is 1. The zero-order valence-corrected chi connectivity index (χ0v) is 15.6. The van der Waals surface area contributed by atoms with Crippen molar-refractivity contribution in [3.05, 3.63) is 65.9 Å². The van der Waals surface area contributed by atoms with E-state index in [0.717, 1.165) is 34.3 Å². The molecule has 0 fully saturated rings. The van der Waals surface area contributed by atoms with E-state index in [1.54, 1.807) is 0 Å². The van der Waals surface area contributed by atoms with Gasteiger partial charge in [0.2, 0.25) is 12.7 Å². The molecule has 2 aromatic carbocycles. The normalized spacial score (nSPS) is 11.9. The number of ether oxygens (including phenoxy) is 3. The van der Waals surface area contributed by atoms with Gasteiger partial charge in [-0.3, -0.25) is 0 Å². The zero-order valence-electron chi connectivity index (χ0n) is 15.6. The van der Waals surface area contributed by atoms with Gasteiger partial charge in [-0.1, -0.05) is 24.3 Å². The number of fused-ring (bicyclic) bond motifs is 1. The lowest BCUT2D eigenvalue weighted by molar-refractivity contribution is 0.174. The maximum atomic E-state index is 5.69. The van der Waals surface area contributed by atoms with E-state index in [4.69, 9.17) is 14.2 Å². The van der Waals surface area contributed by atoms with Crippen LogP contribution in [0, 0.1) is 6.92 Å². The fourth-order valence-electron chi connectivity index (χ4n) is 2.83. The Kier molecular flexibility index (Phi) is 5.42. The molecule has 0 saturated heterocycles. The van der Waals surface area contributed by atoms with Crippen LogP contribution in [0.5, 0.6) is 17.2 Å². The molecule has 7 heteroatoms. The quantitative estimate of drug-likeness (QED) is 0.580. The highest BCUT2D eigenvalue weighted by Crippen LogP contribution is 2.32. The summed E-state index contributed by atoms with van der Waals surface area (Å²) in [5.74, 6) is 3.74. The van der Waals surface area contributed by atoms with E-state index in [-0.39, 0.29) is 6.79 Å². The number of nitrogens with one attached hydrogen (secondary N) is 2. The molecule has 2 heterocycles. The highest BCUT2D eigenvalue weighted by atomic mass is 16.7. The summed E-state index contributed by atoms with van der Waals surface area (Å²) in [7, 11) is 0. The number of nitrogens with zero attached hydrogens (tertiary/aromatic N) is 2. The molecule has 4 rings (SSSR count). The number of aryl methyl sites for hydroxylation is 1. The van der Waals surface area contributed by atoms with Crippen LogP contribution in [-0.4, -0.2) is 29.9 Å². The Hall–Kier alpha value is -3.48. The van der Waals surface area contributed by atoms with Crippen molar-refractivity contribution in [2.24, 2.45) is 0 Å². The standard InChI is InChI=1S/C21H22N4O3/c1-15-11-20(22-9-10-26-17-5-3-2-4-6-17)25-21(24-15)23-13-16-7-8-18-19(12-16)28-14-27-18/h2-8,11-12H,9-10,13-14H2,1H3,(H2,22,23,24,25). The molecule has 2 N–H and O–H groups in total. The first-order valence-electron chi connectivity index (χ1n) is 9.16. The van der Waals surface area contributed by atoms with Crippen LogP contribution in [-0.2, 0) is 6.54 Å². The van der Waals surface area contributed by atoms with Gasteiger partial charge < -0.3 is 24.8 Å². The van der Waals surface area contributed by atoms with Gasteiger partial charge in [-0.15, -0.1) is 0 Å². The maximum absolute atomic E-state index is 5.69. The van der Waals surface area contributed by atoms with Gasteiger partial charge in [0.15, 0.2) is 11.5 Å². The van der Waals surface area contributed by atoms with E-state index in [1.165, 1.54) is 0 Å². The van der Waals surface area contributed by atoms with Gasteiger partial charge in [-0.05, 0) is 36.8 Å². The maximum Gasteiger partial charge on any atom is 0.231 e. The Morgan fingerprint density at radius 3 is 2.71 bits per heavy atom. The highest BCUT2D eigenvalue weighted by Gasteiger charge is 2.13. The number of benzene rings is 2. The number of anilines is 2. The second-order valence-corrected chi connectivity index (χ2v) is 6.35. The minimum Gasteiger partial charge on any atom is -0.492 e. The van der Waals surface area contributed by atoms with Crippen molar-refractivity contribution < 1.29 is 14.2 Å². The number of hydrogen-bond donors (Lipinski definition) is 2. The average molecular weight is 378 g/mol. The topological polar surface area (TPSA) is 77.5 Å². The van der Waals surface area contributed by atoms with Gasteiger partial charge in [-0.25, -0.2) is 4.98 Å². The van der Waals surface area contributed by atoms with E-state index < -0.39 is 0 Å². The van der Waals surface area contributed by atoms with Crippen LogP contribution >= 0.6 is 0 Å². The molecule has 0 amide bonds. The summed E-state index contributed by atoms with van der Waals surface area (Å²) in [6.45, 7) is 4.01. The molecule has 0 aliphatic carbocycles. The molecular weight excluding hydrogens is 356 g/mol. The van der Waals surface area contributed by atoms with Crippen molar-refractivity contribution in [2.75, 3.05) is 30.6 Å². The molecule has 3 aromatic rings. The first kappa shape index (κ1) is 17.9. The Balaban J connectivity index is 1.30. The predicted octanol–water partition coefficient (Wildman–Crippen LogP) is 3.62. The third-order valence-corrected chi connectivity index (χ3v) is 4.16. The van der Waals surface area contributed by atoms with Gasteiger partial charge in [0.25, 0.3) is 0 Å². The van der Waals surface area contributed by atoms with Crippen molar-refractivity contribution in [3.63, 3.8) is 0 Å². The lowest BCUT2D eigenvalue weighted by Crippen LogP contribution is -2.14. The summed E-state index contributed by atoms with van der Waals surface area (Å²) in [5, 5.41) is 6.54. The summed E-state index contributed by atoms with van der Waals surface area (Å²) < 4.78 is 16.4. The van der Waals surface area contributed by atoms with Crippen LogP contribution in [0.4, 0.5) is 11.8 Å². The Morgan fingerprint density at radius 2 is 1.82 bits per heavy atom. The lowest BCUT2D eigenvalue weighted by atomic mass is 10.2. The Bertz CT molecular complexity index is 934. The second-order valence-electron chi connectivity index (χ2n) is 6.35. The second kappa shape index (κ2) is 8.47. The van der Waals surface area contributed by atoms with E-state index in [2.05, 4.69) is 20.6 Å². The summed E-state index contributed by atoms with van der Waals surface area (Å²) >= 11 is 0. The first-order valence-corrected chi connectivity index (χ1v) is 9.16. The molecule has 0 radical (unpaired) electrons. The van der Waals surface area contributed by atoms with Crippen LogP contribution < -0.4 is 24.8 Å². The molecular formula is C21H22N4O3. The number of aromatic nitrogens is 2. The molecule has 1 aromatic heterocycles. The molecule has 1 aliphatic rings. The van der Waals surface area contributed by atoms with E-state index in [0.29, 0.717) is 25.6 Å². The molecule has 28 heavy (non-hydrogen) atoms. The summed E-state index contributed by atoms with van der Waals surface area (Å²) in [6, 6.07) is 17.5. The average Bonchev–Trinajstić information content (AvgIpc) is 3.18. The highest BCUT2D eigenvalue weighted by molar-refractivity contribution is 5.46. The van der Waals surface area contributed by atoms with Gasteiger partial charge in [-0.2, -0.15) is 4.98 Å². The summed E-state index contributed by atoms with van der Waals surface area (Å²) in [4.78, 5) is 8.97. The van der Waals surface area contributed by atoms with E-state index >= 15 is 0 Å². The minimum absolute atomic E-state index is 0.274. The van der Waals surface area contributed by atoms with Crippen molar-refractivity contribution in [1.29, 1.82) is 0 Å². The Morgan fingerprint density at radius 1 is 0.964 bits per heavy atom. The summed E-state index contributed by atoms with van der Waals surface area (Å²) in [5.41, 5.74) is 1.95. The van der Waals surface area contributed by atoms with Crippen molar-refractivity contribution in [2.45, 2.75) is 13.5 Å². The van der Waals surface area contributed by atoms with Gasteiger partial charge >= 0.3 is 0 Å². The first-order chi connectivity index (χ1) is 13.8. The molecule has 0 atom stereocenters. The van der Waals surface area contributed by atoms with Gasteiger partial charge in [0.05, 0.1) is 6.54 Å². The molecule has 1 aliphatic heterocycles. The van der Waals surface area contributed by atoms with Crippen molar-refractivity contribution in [1.82, 2.24) is 9.97 Å². The van der Waals surface area contributed by atoms with Crippen LogP contribution in [0.2, 0.25) is 0 Å². The number of rotatable bonds is 8. The SMILES string of the molecule is Cc1cc(NCCOc2ccccc2)nc(NCc2ccc3c(c2)OCO3)n1. The largest absolute Gasteiger partial charge is 0.492 e. The smallest absolute Gasteiger partial charge is 0.231 e. The van der Waals surface area contributed by atoms with E-state index in [1.807, 2.05) is 61.5 Å². The van der Waals surface area contributed by atoms with Crippen molar-refractivity contribution >= 4 is 11.8 Å².